The Labute approximate surface area is 273 Å². The Kier molecular flexibility index (Phi) is 9.08. The maximum absolute atomic E-state index is 15.4. The largest absolute Gasteiger partial charge is 0.383 e. The number of nitrogens with one attached hydrogen (secondary N) is 3. The van der Waals surface area contributed by atoms with Crippen LogP contribution in [0.25, 0.3) is 0 Å². The lowest BCUT2D eigenvalue weighted by Crippen LogP contribution is -2.45. The van der Waals surface area contributed by atoms with Crippen molar-refractivity contribution >= 4 is 34.9 Å². The summed E-state index contributed by atoms with van der Waals surface area (Å²) < 4.78 is 15.4. The van der Waals surface area contributed by atoms with Crippen molar-refractivity contribution in [2.75, 3.05) is 24.2 Å². The molecule has 2 fully saturated rings. The third kappa shape index (κ3) is 6.63. The van der Waals surface area contributed by atoms with Crippen LogP contribution in [0.2, 0.25) is 5.02 Å². The number of aromatic nitrogens is 1. The number of urea groups is 1. The molecule has 1 unspecified atom stereocenters. The Morgan fingerprint density at radius 2 is 1.76 bits per heavy atom. The van der Waals surface area contributed by atoms with Crippen LogP contribution < -0.4 is 16.0 Å². The summed E-state index contributed by atoms with van der Waals surface area (Å²) in [5.74, 6) is -0.564. The molecule has 1 saturated carbocycles. The number of amides is 3. The SMILES string of the molecule is CNC(CCC1CC1)(c1ccc(F)c(NC(=O)[C@H]2C[C@](O)(c3ccccc3)CN2C(=O)Nc2ccc(Cl)cc2)c1)c1ccccn1. The van der Waals surface area contributed by atoms with Gasteiger partial charge in [0.05, 0.1) is 23.5 Å². The summed E-state index contributed by atoms with van der Waals surface area (Å²) in [6, 6.07) is 24.3. The third-order valence-corrected chi connectivity index (χ3v) is 9.43. The number of hydrogen-bond acceptors (Lipinski definition) is 5. The lowest BCUT2D eigenvalue weighted by atomic mass is 9.81. The number of halogens is 2. The van der Waals surface area contributed by atoms with Crippen LogP contribution in [-0.2, 0) is 15.9 Å². The van der Waals surface area contributed by atoms with Crippen molar-refractivity contribution in [3.8, 4) is 0 Å². The monoisotopic (exact) mass is 641 g/mol. The highest BCUT2D eigenvalue weighted by Gasteiger charge is 2.49. The van der Waals surface area contributed by atoms with Crippen LogP contribution in [0.4, 0.5) is 20.6 Å². The molecule has 2 heterocycles. The highest BCUT2D eigenvalue weighted by atomic mass is 35.5. The highest BCUT2D eigenvalue weighted by molar-refractivity contribution is 6.30. The average molecular weight is 642 g/mol. The number of β-amino-alcohol motifs (C(OH)–C–C–N with tert-alkyl or cyclic N) is 1. The number of anilines is 2. The second-order valence-electron chi connectivity index (χ2n) is 12.2. The van der Waals surface area contributed by atoms with Crippen molar-refractivity contribution in [2.45, 2.75) is 49.3 Å². The van der Waals surface area contributed by atoms with Gasteiger partial charge >= 0.3 is 6.03 Å². The quantitative estimate of drug-likeness (QED) is 0.155. The molecule has 0 bridgehead atoms. The van der Waals surface area contributed by atoms with Gasteiger partial charge in [0.1, 0.15) is 17.5 Å². The van der Waals surface area contributed by atoms with Crippen molar-refractivity contribution in [3.63, 3.8) is 0 Å². The molecule has 0 spiro atoms. The number of aliphatic hydroxyl groups is 1. The molecule has 1 aromatic heterocycles. The van der Waals surface area contributed by atoms with Gasteiger partial charge in [-0.3, -0.25) is 9.78 Å². The van der Waals surface area contributed by atoms with E-state index >= 15 is 4.39 Å². The predicted octanol–water partition coefficient (Wildman–Crippen LogP) is 6.66. The van der Waals surface area contributed by atoms with Gasteiger partial charge in [0.2, 0.25) is 5.91 Å². The molecule has 1 saturated heterocycles. The molecule has 0 radical (unpaired) electrons. The maximum atomic E-state index is 15.4. The smallest absolute Gasteiger partial charge is 0.322 e. The van der Waals surface area contributed by atoms with Gasteiger partial charge in [-0.2, -0.15) is 0 Å². The summed E-state index contributed by atoms with van der Waals surface area (Å²) in [5.41, 5.74) is 0.398. The molecule has 4 aromatic rings. The van der Waals surface area contributed by atoms with E-state index in [1.807, 2.05) is 31.3 Å². The minimum atomic E-state index is -1.50. The van der Waals surface area contributed by atoms with Crippen molar-refractivity contribution in [1.29, 1.82) is 0 Å². The van der Waals surface area contributed by atoms with Crippen molar-refractivity contribution in [2.24, 2.45) is 5.92 Å². The van der Waals surface area contributed by atoms with Gasteiger partial charge in [0.25, 0.3) is 0 Å². The van der Waals surface area contributed by atoms with E-state index in [9.17, 15) is 14.7 Å². The first-order chi connectivity index (χ1) is 22.2. The molecule has 10 heteroatoms. The molecule has 6 rings (SSSR count). The van der Waals surface area contributed by atoms with Gasteiger partial charge in [-0.1, -0.05) is 66.9 Å². The Hall–Kier alpha value is -4.31. The summed E-state index contributed by atoms with van der Waals surface area (Å²) >= 11 is 6.01. The van der Waals surface area contributed by atoms with Gasteiger partial charge in [0, 0.05) is 23.3 Å². The zero-order valence-electron chi connectivity index (χ0n) is 25.5. The summed E-state index contributed by atoms with van der Waals surface area (Å²) in [4.78, 5) is 33.5. The van der Waals surface area contributed by atoms with E-state index in [-0.39, 0.29) is 18.7 Å². The topological polar surface area (TPSA) is 107 Å². The van der Waals surface area contributed by atoms with E-state index in [0.717, 1.165) is 24.1 Å². The molecule has 3 aromatic carbocycles. The fourth-order valence-electron chi connectivity index (χ4n) is 6.38. The molecular formula is C36H37ClFN5O3. The molecule has 3 amide bonds. The number of rotatable bonds is 10. The van der Waals surface area contributed by atoms with Gasteiger partial charge in [0.15, 0.2) is 0 Å². The number of carbonyl (C=O) groups excluding carboxylic acids is 2. The first-order valence-corrected chi connectivity index (χ1v) is 15.9. The van der Waals surface area contributed by atoms with Gasteiger partial charge in [-0.05, 0) is 85.5 Å². The van der Waals surface area contributed by atoms with Crippen molar-refractivity contribution in [3.05, 3.63) is 125 Å². The van der Waals surface area contributed by atoms with Crippen molar-refractivity contribution < 1.29 is 19.1 Å². The van der Waals surface area contributed by atoms with Crippen molar-refractivity contribution in [1.82, 2.24) is 15.2 Å². The molecule has 4 N–H and O–H groups in total. The van der Waals surface area contributed by atoms with E-state index in [2.05, 4.69) is 20.9 Å². The van der Waals surface area contributed by atoms with Gasteiger partial charge < -0.3 is 26.0 Å². The summed E-state index contributed by atoms with van der Waals surface area (Å²) in [6.07, 6.45) is 5.79. The van der Waals surface area contributed by atoms with E-state index in [4.69, 9.17) is 11.6 Å². The Balaban J connectivity index is 1.30. The van der Waals surface area contributed by atoms with Crippen LogP contribution in [0.3, 0.4) is 0 Å². The first-order valence-electron chi connectivity index (χ1n) is 15.5. The minimum Gasteiger partial charge on any atom is -0.383 e. The molecule has 238 valence electrons. The molecule has 1 aliphatic carbocycles. The first kappa shape index (κ1) is 31.7. The molecule has 8 nitrogen and oxygen atoms in total. The standard InChI is InChI=1S/C36H37ClFN5O3/c1-39-36(19-18-24-10-11-24,32-9-5-6-20-40-32)26-12-17-29(38)30(21-26)42-33(44)31-22-35(46,25-7-3-2-4-8-25)23-43(31)34(45)41-28-15-13-27(37)14-16-28/h2-9,12-17,20-21,24,31,39,46H,10-11,18-19,22-23H2,1H3,(H,41,45)(H,42,44)/t31-,35-,36?/m1/s1. The number of nitrogens with zero attached hydrogens (tertiary/aromatic N) is 2. The lowest BCUT2D eigenvalue weighted by Gasteiger charge is -2.34. The minimum absolute atomic E-state index is 0.0160. The number of pyridine rings is 1. The Morgan fingerprint density at radius 3 is 2.43 bits per heavy atom. The van der Waals surface area contributed by atoms with E-state index in [1.165, 1.54) is 23.8 Å². The van der Waals surface area contributed by atoms with Crippen LogP contribution in [0.15, 0.2) is 97.2 Å². The van der Waals surface area contributed by atoms with Gasteiger partial charge in [-0.15, -0.1) is 0 Å². The second-order valence-corrected chi connectivity index (χ2v) is 12.7. The normalized spacial score (nSPS) is 20.6. The maximum Gasteiger partial charge on any atom is 0.322 e. The molecule has 1 aliphatic heterocycles. The summed E-state index contributed by atoms with van der Waals surface area (Å²) in [5, 5.41) is 21.3. The van der Waals surface area contributed by atoms with Crippen LogP contribution >= 0.6 is 11.6 Å². The van der Waals surface area contributed by atoms with E-state index in [1.54, 1.807) is 66.9 Å². The van der Waals surface area contributed by atoms with Crippen LogP contribution in [-0.4, -0.2) is 46.6 Å². The second kappa shape index (κ2) is 13.2. The fourth-order valence-corrected chi connectivity index (χ4v) is 6.51. The molecular weight excluding hydrogens is 605 g/mol. The average Bonchev–Trinajstić information content (AvgIpc) is 3.84. The van der Waals surface area contributed by atoms with Gasteiger partial charge in [-0.25, -0.2) is 9.18 Å². The number of likely N-dealkylation sites (tertiary alicyclic amines) is 1. The predicted molar refractivity (Wildman–Crippen MR) is 177 cm³/mol. The zero-order valence-corrected chi connectivity index (χ0v) is 26.3. The van der Waals surface area contributed by atoms with Crippen LogP contribution in [0.1, 0.15) is 48.9 Å². The number of hydrogen-bond donors (Lipinski definition) is 4. The fraction of sp³-hybridized carbons (Fsp3) is 0.306. The lowest BCUT2D eigenvalue weighted by molar-refractivity contribution is -0.119. The van der Waals surface area contributed by atoms with Crippen LogP contribution in [0.5, 0.6) is 0 Å². The summed E-state index contributed by atoms with van der Waals surface area (Å²) in [7, 11) is 1.86. The third-order valence-electron chi connectivity index (χ3n) is 9.18. The Morgan fingerprint density at radius 1 is 1.02 bits per heavy atom. The molecule has 3 atom stereocenters. The number of benzene rings is 3. The molecule has 2 aliphatic rings. The molecule has 46 heavy (non-hydrogen) atoms. The number of carbonyl (C=O) groups is 2. The zero-order chi connectivity index (χ0) is 32.3. The summed E-state index contributed by atoms with van der Waals surface area (Å²) in [6.45, 7) is -0.138. The highest BCUT2D eigenvalue weighted by Crippen LogP contribution is 2.42. The Bertz CT molecular complexity index is 1690. The van der Waals surface area contributed by atoms with Crippen LogP contribution in [0, 0.1) is 11.7 Å². The van der Waals surface area contributed by atoms with E-state index in [0.29, 0.717) is 22.2 Å². The van der Waals surface area contributed by atoms with E-state index < -0.39 is 34.9 Å².